The molecule has 0 unspecified atom stereocenters. The van der Waals surface area contributed by atoms with E-state index in [0.29, 0.717) is 0 Å². The van der Waals surface area contributed by atoms with E-state index in [1.54, 1.807) is 0 Å². The number of hydrogen-bond donors (Lipinski definition) is 3. The van der Waals surface area contributed by atoms with Gasteiger partial charge in [-0.1, -0.05) is 19.3 Å². The van der Waals surface area contributed by atoms with Gasteiger partial charge in [-0.25, -0.2) is 0 Å². The highest BCUT2D eigenvalue weighted by atomic mass is 16.3. The standard InChI is InChI=1S/C10H22N2O/c11-7-4-8-12-9-10(13)5-2-1-3-6-10/h12-13H,1-9,11H2. The molecule has 0 saturated heterocycles. The first-order valence-corrected chi connectivity index (χ1v) is 5.40. The molecule has 1 fully saturated rings. The van der Waals surface area contributed by atoms with Crippen molar-refractivity contribution in [1.29, 1.82) is 0 Å². The molecule has 1 aliphatic rings. The summed E-state index contributed by atoms with van der Waals surface area (Å²) in [6.45, 7) is 2.40. The predicted molar refractivity (Wildman–Crippen MR) is 54.6 cm³/mol. The molecule has 0 aromatic rings. The predicted octanol–water partition coefficient (Wildman–Crippen LogP) is 0.620. The highest BCUT2D eigenvalue weighted by Gasteiger charge is 2.28. The summed E-state index contributed by atoms with van der Waals surface area (Å²) in [4.78, 5) is 0. The summed E-state index contributed by atoms with van der Waals surface area (Å²) in [7, 11) is 0. The molecule has 0 bridgehead atoms. The van der Waals surface area contributed by atoms with Crippen molar-refractivity contribution < 1.29 is 5.11 Å². The molecule has 0 aromatic heterocycles. The van der Waals surface area contributed by atoms with Gasteiger partial charge in [-0.2, -0.15) is 0 Å². The lowest BCUT2D eigenvalue weighted by Crippen LogP contribution is -2.42. The fourth-order valence-corrected chi connectivity index (χ4v) is 1.93. The van der Waals surface area contributed by atoms with Gasteiger partial charge in [0, 0.05) is 6.54 Å². The van der Waals surface area contributed by atoms with Gasteiger partial charge in [0.05, 0.1) is 5.60 Å². The molecule has 1 rings (SSSR count). The largest absolute Gasteiger partial charge is 0.389 e. The molecule has 1 aliphatic carbocycles. The minimum atomic E-state index is -0.424. The first kappa shape index (κ1) is 11.0. The summed E-state index contributed by atoms with van der Waals surface area (Å²) >= 11 is 0. The number of rotatable bonds is 5. The Hall–Kier alpha value is -0.120. The van der Waals surface area contributed by atoms with Crippen LogP contribution < -0.4 is 11.1 Å². The van der Waals surface area contributed by atoms with Crippen LogP contribution in [-0.4, -0.2) is 30.3 Å². The number of hydrogen-bond acceptors (Lipinski definition) is 3. The summed E-state index contributed by atoms with van der Waals surface area (Å²) in [6.07, 6.45) is 6.55. The molecule has 78 valence electrons. The molecule has 3 heteroatoms. The van der Waals surface area contributed by atoms with E-state index in [0.717, 1.165) is 38.9 Å². The van der Waals surface area contributed by atoms with Crippen LogP contribution in [0.2, 0.25) is 0 Å². The minimum Gasteiger partial charge on any atom is -0.389 e. The minimum absolute atomic E-state index is 0.424. The molecule has 0 heterocycles. The first-order valence-electron chi connectivity index (χ1n) is 5.40. The van der Waals surface area contributed by atoms with E-state index >= 15 is 0 Å². The maximum Gasteiger partial charge on any atom is 0.0771 e. The molecule has 0 radical (unpaired) electrons. The van der Waals surface area contributed by atoms with Crippen LogP contribution in [0.5, 0.6) is 0 Å². The third-order valence-electron chi connectivity index (χ3n) is 2.80. The van der Waals surface area contributed by atoms with Crippen molar-refractivity contribution in [3.8, 4) is 0 Å². The second kappa shape index (κ2) is 5.58. The van der Waals surface area contributed by atoms with E-state index in [2.05, 4.69) is 5.32 Å². The fraction of sp³-hybridized carbons (Fsp3) is 1.00. The highest BCUT2D eigenvalue weighted by Crippen LogP contribution is 2.27. The maximum atomic E-state index is 10.1. The molecule has 1 saturated carbocycles. The number of nitrogens with one attached hydrogen (secondary N) is 1. The van der Waals surface area contributed by atoms with E-state index < -0.39 is 5.60 Å². The Bertz CT molecular complexity index is 133. The summed E-state index contributed by atoms with van der Waals surface area (Å²) in [5, 5.41) is 13.3. The van der Waals surface area contributed by atoms with Gasteiger partial charge < -0.3 is 16.2 Å². The number of aliphatic hydroxyl groups is 1. The van der Waals surface area contributed by atoms with Crippen molar-refractivity contribution in [2.75, 3.05) is 19.6 Å². The van der Waals surface area contributed by atoms with Crippen LogP contribution in [0.25, 0.3) is 0 Å². The van der Waals surface area contributed by atoms with Crippen molar-refractivity contribution in [3.05, 3.63) is 0 Å². The monoisotopic (exact) mass is 186 g/mol. The lowest BCUT2D eigenvalue weighted by molar-refractivity contribution is 0.00510. The topological polar surface area (TPSA) is 58.3 Å². The molecular formula is C10H22N2O. The van der Waals surface area contributed by atoms with Crippen molar-refractivity contribution in [1.82, 2.24) is 5.32 Å². The van der Waals surface area contributed by atoms with Crippen LogP contribution in [0.1, 0.15) is 38.5 Å². The van der Waals surface area contributed by atoms with Crippen molar-refractivity contribution in [2.24, 2.45) is 5.73 Å². The average molecular weight is 186 g/mol. The summed E-state index contributed by atoms with van der Waals surface area (Å²) in [5.74, 6) is 0. The van der Waals surface area contributed by atoms with E-state index in [1.165, 1.54) is 19.3 Å². The van der Waals surface area contributed by atoms with Gasteiger partial charge in [0.1, 0.15) is 0 Å². The highest BCUT2D eigenvalue weighted by molar-refractivity contribution is 4.84. The zero-order valence-electron chi connectivity index (χ0n) is 8.39. The molecule has 0 amide bonds. The molecule has 4 N–H and O–H groups in total. The van der Waals surface area contributed by atoms with Crippen LogP contribution in [0.4, 0.5) is 0 Å². The van der Waals surface area contributed by atoms with E-state index in [4.69, 9.17) is 5.73 Å². The van der Waals surface area contributed by atoms with Gasteiger partial charge in [0.25, 0.3) is 0 Å². The van der Waals surface area contributed by atoms with Gasteiger partial charge in [0.2, 0.25) is 0 Å². The smallest absolute Gasteiger partial charge is 0.0771 e. The zero-order chi connectivity index (χ0) is 9.57. The molecule has 3 nitrogen and oxygen atoms in total. The van der Waals surface area contributed by atoms with Gasteiger partial charge in [-0.05, 0) is 32.4 Å². The van der Waals surface area contributed by atoms with Crippen molar-refractivity contribution in [2.45, 2.75) is 44.1 Å². The third-order valence-corrected chi connectivity index (χ3v) is 2.80. The van der Waals surface area contributed by atoms with Crippen LogP contribution in [0.3, 0.4) is 0 Å². The summed E-state index contributed by atoms with van der Waals surface area (Å²) in [5.41, 5.74) is 4.95. The summed E-state index contributed by atoms with van der Waals surface area (Å²) in [6, 6.07) is 0. The van der Waals surface area contributed by atoms with Crippen LogP contribution in [0, 0.1) is 0 Å². The third kappa shape index (κ3) is 4.07. The average Bonchev–Trinajstić information content (AvgIpc) is 2.14. The maximum absolute atomic E-state index is 10.1. The number of nitrogens with two attached hydrogens (primary N) is 1. The van der Waals surface area contributed by atoms with Crippen LogP contribution in [-0.2, 0) is 0 Å². The van der Waals surface area contributed by atoms with Gasteiger partial charge in [-0.15, -0.1) is 0 Å². The van der Waals surface area contributed by atoms with Crippen LogP contribution >= 0.6 is 0 Å². The molecule has 0 aromatic carbocycles. The Morgan fingerprint density at radius 1 is 1.23 bits per heavy atom. The van der Waals surface area contributed by atoms with Crippen molar-refractivity contribution >= 4 is 0 Å². The van der Waals surface area contributed by atoms with E-state index in [9.17, 15) is 5.11 Å². The molecule has 0 spiro atoms. The second-order valence-corrected chi connectivity index (χ2v) is 4.10. The van der Waals surface area contributed by atoms with Crippen molar-refractivity contribution in [3.63, 3.8) is 0 Å². The van der Waals surface area contributed by atoms with Gasteiger partial charge in [-0.3, -0.25) is 0 Å². The van der Waals surface area contributed by atoms with Crippen LogP contribution in [0.15, 0.2) is 0 Å². The van der Waals surface area contributed by atoms with E-state index in [1.807, 2.05) is 0 Å². The fourth-order valence-electron chi connectivity index (χ4n) is 1.93. The Morgan fingerprint density at radius 3 is 2.54 bits per heavy atom. The molecule has 0 aliphatic heterocycles. The molecule has 13 heavy (non-hydrogen) atoms. The molecule has 0 atom stereocenters. The second-order valence-electron chi connectivity index (χ2n) is 4.10. The normalized spacial score (nSPS) is 21.7. The first-order chi connectivity index (χ1) is 6.27. The zero-order valence-corrected chi connectivity index (χ0v) is 8.39. The Labute approximate surface area is 80.7 Å². The van der Waals surface area contributed by atoms with Gasteiger partial charge in [0.15, 0.2) is 0 Å². The van der Waals surface area contributed by atoms with Gasteiger partial charge >= 0.3 is 0 Å². The lowest BCUT2D eigenvalue weighted by atomic mass is 9.85. The molecular weight excluding hydrogens is 164 g/mol. The Kier molecular flexibility index (Phi) is 4.70. The lowest BCUT2D eigenvalue weighted by Gasteiger charge is -2.32. The summed E-state index contributed by atoms with van der Waals surface area (Å²) < 4.78 is 0. The Balaban J connectivity index is 2.10. The Morgan fingerprint density at radius 2 is 1.92 bits per heavy atom. The van der Waals surface area contributed by atoms with E-state index in [-0.39, 0.29) is 0 Å². The quantitative estimate of drug-likeness (QED) is 0.552. The SMILES string of the molecule is NCCCNCC1(O)CCCCC1.